The lowest BCUT2D eigenvalue weighted by molar-refractivity contribution is 0.208. The second-order valence-electron chi connectivity index (χ2n) is 7.96. The first-order valence-electron chi connectivity index (χ1n) is 11.1. The largest absolute Gasteiger partial charge is 0.493 e. The highest BCUT2D eigenvalue weighted by Gasteiger charge is 2.24. The van der Waals surface area contributed by atoms with Gasteiger partial charge in [0.15, 0.2) is 17.3 Å². The molecule has 3 aromatic heterocycles. The summed E-state index contributed by atoms with van der Waals surface area (Å²) in [5, 5.41) is 6.77. The van der Waals surface area contributed by atoms with Crippen LogP contribution in [0.1, 0.15) is 0 Å². The maximum absolute atomic E-state index is 12.6. The number of aromatic nitrogens is 3. The zero-order valence-corrected chi connectivity index (χ0v) is 20.2. The molecule has 0 saturated carbocycles. The van der Waals surface area contributed by atoms with Gasteiger partial charge in [-0.25, -0.2) is 14.8 Å². The lowest BCUT2D eigenvalue weighted by Gasteiger charge is -2.35. The summed E-state index contributed by atoms with van der Waals surface area (Å²) in [7, 11) is 3.20. The second-order valence-corrected chi connectivity index (χ2v) is 8.74. The predicted octanol–water partition coefficient (Wildman–Crippen LogP) is 3.71. The third kappa shape index (κ3) is 4.62. The number of anilines is 3. The quantitative estimate of drug-likeness (QED) is 0.434. The fraction of sp³-hybridized carbons (Fsp3) is 0.250. The zero-order chi connectivity index (χ0) is 24.4. The van der Waals surface area contributed by atoms with Gasteiger partial charge < -0.3 is 30.3 Å². The molecule has 1 saturated heterocycles. The van der Waals surface area contributed by atoms with E-state index in [4.69, 9.17) is 20.2 Å². The smallest absolute Gasteiger partial charge is 0.321 e. The maximum Gasteiger partial charge on any atom is 0.321 e. The lowest BCUT2D eigenvalue weighted by atomic mass is 10.1. The van der Waals surface area contributed by atoms with Crippen LogP contribution in [-0.2, 0) is 0 Å². The number of nitrogens with two attached hydrogens (primary N) is 1. The van der Waals surface area contributed by atoms with Crippen LogP contribution in [0.15, 0.2) is 47.2 Å². The summed E-state index contributed by atoms with van der Waals surface area (Å²) in [5.74, 6) is 2.12. The van der Waals surface area contributed by atoms with E-state index in [1.165, 1.54) is 0 Å². The number of piperazine rings is 1. The zero-order valence-electron chi connectivity index (χ0n) is 19.4. The minimum Gasteiger partial charge on any atom is -0.493 e. The predicted molar refractivity (Wildman–Crippen MR) is 137 cm³/mol. The number of ether oxygens (including phenoxy) is 2. The van der Waals surface area contributed by atoms with Crippen molar-refractivity contribution < 1.29 is 14.3 Å². The number of nitrogen functional groups attached to an aromatic ring is 1. The van der Waals surface area contributed by atoms with Crippen molar-refractivity contribution in [2.45, 2.75) is 0 Å². The number of methoxy groups -OCH3 is 2. The number of carbonyl (C=O) groups excluding carboxylic acids is 1. The van der Waals surface area contributed by atoms with Gasteiger partial charge in [-0.1, -0.05) is 0 Å². The highest BCUT2D eigenvalue weighted by Crippen LogP contribution is 2.33. The summed E-state index contributed by atoms with van der Waals surface area (Å²) in [5.41, 5.74) is 9.78. The summed E-state index contributed by atoms with van der Waals surface area (Å²) in [4.78, 5) is 30.3. The summed E-state index contributed by atoms with van der Waals surface area (Å²) >= 11 is 1.54. The monoisotopic (exact) mass is 491 g/mol. The molecular weight excluding hydrogens is 466 g/mol. The van der Waals surface area contributed by atoms with Crippen molar-refractivity contribution in [3.8, 4) is 22.8 Å². The van der Waals surface area contributed by atoms with E-state index in [-0.39, 0.29) is 12.0 Å². The molecule has 1 aliphatic heterocycles. The number of fused-ring (bicyclic) bond motifs is 1. The molecule has 0 bridgehead atoms. The molecule has 4 heterocycles. The first kappa shape index (κ1) is 22.7. The van der Waals surface area contributed by atoms with E-state index < -0.39 is 0 Å². The van der Waals surface area contributed by atoms with Crippen LogP contribution in [0.4, 0.5) is 22.2 Å². The number of hydrogen-bond acceptors (Lipinski definition) is 9. The minimum atomic E-state index is -0.107. The number of rotatable bonds is 5. The van der Waals surface area contributed by atoms with Gasteiger partial charge in [-0.3, -0.25) is 0 Å². The van der Waals surface area contributed by atoms with Crippen LogP contribution < -0.4 is 25.4 Å². The van der Waals surface area contributed by atoms with Crippen LogP contribution >= 0.6 is 11.3 Å². The third-order valence-electron chi connectivity index (χ3n) is 5.86. The minimum absolute atomic E-state index is 0.107. The molecule has 0 aliphatic carbocycles. The Hall–Kier alpha value is -4.12. The molecule has 3 N–H and O–H groups in total. The Labute approximate surface area is 206 Å². The van der Waals surface area contributed by atoms with Gasteiger partial charge in [0, 0.05) is 37.1 Å². The van der Waals surface area contributed by atoms with Gasteiger partial charge in [0.05, 0.1) is 31.1 Å². The number of nitrogens with zero attached hydrogens (tertiary/aromatic N) is 5. The van der Waals surface area contributed by atoms with Crippen molar-refractivity contribution in [3.05, 3.63) is 47.2 Å². The fourth-order valence-corrected chi connectivity index (χ4v) is 4.64. The first-order chi connectivity index (χ1) is 17.1. The van der Waals surface area contributed by atoms with E-state index in [9.17, 15) is 4.79 Å². The van der Waals surface area contributed by atoms with Gasteiger partial charge >= 0.3 is 6.03 Å². The molecule has 0 spiro atoms. The number of thiophene rings is 1. The molecule has 1 aliphatic rings. The molecule has 1 aromatic carbocycles. The van der Waals surface area contributed by atoms with E-state index in [0.717, 1.165) is 16.9 Å². The van der Waals surface area contributed by atoms with Crippen LogP contribution in [0.3, 0.4) is 0 Å². The van der Waals surface area contributed by atoms with Crippen molar-refractivity contribution in [3.63, 3.8) is 0 Å². The summed E-state index contributed by atoms with van der Waals surface area (Å²) in [6.45, 7) is 2.31. The molecule has 10 nitrogen and oxygen atoms in total. The average molecular weight is 492 g/mol. The van der Waals surface area contributed by atoms with Gasteiger partial charge in [-0.05, 0) is 41.8 Å². The van der Waals surface area contributed by atoms with E-state index in [2.05, 4.69) is 20.2 Å². The number of benzene rings is 1. The van der Waals surface area contributed by atoms with Crippen LogP contribution in [-0.4, -0.2) is 66.3 Å². The molecule has 0 unspecified atom stereocenters. The van der Waals surface area contributed by atoms with Crippen LogP contribution in [0.5, 0.6) is 11.5 Å². The highest BCUT2D eigenvalue weighted by atomic mass is 32.1. The molecule has 11 heteroatoms. The van der Waals surface area contributed by atoms with Gasteiger partial charge in [0.1, 0.15) is 5.52 Å². The van der Waals surface area contributed by atoms with Crippen molar-refractivity contribution in [2.75, 3.05) is 56.3 Å². The normalized spacial score (nSPS) is 13.7. The van der Waals surface area contributed by atoms with E-state index in [1.54, 1.807) is 30.5 Å². The number of hydrogen-bond donors (Lipinski definition) is 2. The topological polar surface area (TPSA) is 119 Å². The number of nitrogens with one attached hydrogen (secondary N) is 1. The Kier molecular flexibility index (Phi) is 6.23. The number of urea groups is 1. The van der Waals surface area contributed by atoms with Gasteiger partial charge in [-0.2, -0.15) is 16.3 Å². The molecule has 180 valence electrons. The van der Waals surface area contributed by atoms with E-state index >= 15 is 0 Å². The maximum atomic E-state index is 12.6. The second kappa shape index (κ2) is 9.63. The molecule has 0 radical (unpaired) electrons. The fourth-order valence-electron chi connectivity index (χ4n) is 4.05. The van der Waals surface area contributed by atoms with Gasteiger partial charge in [0.25, 0.3) is 0 Å². The Morgan fingerprint density at radius 3 is 2.51 bits per heavy atom. The molecular formula is C24H25N7O3S. The highest BCUT2D eigenvalue weighted by molar-refractivity contribution is 7.08. The van der Waals surface area contributed by atoms with E-state index in [0.29, 0.717) is 54.5 Å². The molecule has 5 rings (SSSR count). The van der Waals surface area contributed by atoms with Crippen LogP contribution in [0.25, 0.3) is 22.3 Å². The third-order valence-corrected chi connectivity index (χ3v) is 6.54. The molecule has 1 fully saturated rings. The Balaban J connectivity index is 1.41. The Morgan fingerprint density at radius 2 is 1.80 bits per heavy atom. The number of carbonyl (C=O) groups is 1. The Bertz CT molecular complexity index is 1350. The molecule has 4 aromatic rings. The van der Waals surface area contributed by atoms with Gasteiger partial charge in [0.2, 0.25) is 5.95 Å². The van der Waals surface area contributed by atoms with E-state index in [1.807, 2.05) is 47.2 Å². The molecule has 0 atom stereocenters. The number of amides is 2. The summed E-state index contributed by atoms with van der Waals surface area (Å²) in [6.07, 6.45) is 0. The standard InChI is InChI=1S/C24H25N7O3S/c1-33-19-6-3-15(13-20(19)34-2)17-4-5-18-21(27-17)22(29-23(25)28-18)30-8-10-31(11-9-30)24(32)26-16-7-12-35-14-16/h3-7,12-14H,8-11H2,1-2H3,(H,26,32)(H2,25,28,29). The number of pyridine rings is 1. The van der Waals surface area contributed by atoms with Crippen molar-refractivity contribution >= 4 is 45.9 Å². The van der Waals surface area contributed by atoms with Crippen molar-refractivity contribution in [2.24, 2.45) is 0 Å². The first-order valence-corrected chi connectivity index (χ1v) is 12.0. The Morgan fingerprint density at radius 1 is 1.00 bits per heavy atom. The van der Waals surface area contributed by atoms with Crippen LogP contribution in [0, 0.1) is 0 Å². The van der Waals surface area contributed by atoms with Crippen molar-refractivity contribution in [1.82, 2.24) is 19.9 Å². The molecule has 2 amide bonds. The average Bonchev–Trinajstić information content (AvgIpc) is 3.40. The SMILES string of the molecule is COc1ccc(-c2ccc3nc(N)nc(N4CCN(C(=O)Nc5ccsc5)CC4)c3n2)cc1OC. The van der Waals surface area contributed by atoms with Gasteiger partial charge in [-0.15, -0.1) is 0 Å². The van der Waals surface area contributed by atoms with Crippen molar-refractivity contribution in [1.29, 1.82) is 0 Å². The summed E-state index contributed by atoms with van der Waals surface area (Å²) in [6, 6.07) is 11.2. The van der Waals surface area contributed by atoms with Crippen LogP contribution in [0.2, 0.25) is 0 Å². The lowest BCUT2D eigenvalue weighted by Crippen LogP contribution is -2.50. The molecule has 35 heavy (non-hydrogen) atoms. The summed E-state index contributed by atoms with van der Waals surface area (Å²) < 4.78 is 10.8.